The maximum Gasteiger partial charge on any atom is 0.181 e. The molecule has 0 fully saturated rings. The van der Waals surface area contributed by atoms with Gasteiger partial charge >= 0.3 is 0 Å². The van der Waals surface area contributed by atoms with Gasteiger partial charge in [-0.2, -0.15) is 5.26 Å². The van der Waals surface area contributed by atoms with Crippen LogP contribution in [-0.2, 0) is 6.42 Å². The number of phenolic OH excluding ortho intramolecular Hbond substituents is 1. The van der Waals surface area contributed by atoms with E-state index in [-0.39, 0.29) is 18.4 Å². The molecule has 74 valence electrons. The van der Waals surface area contributed by atoms with Gasteiger partial charge in [0.15, 0.2) is 11.6 Å². The van der Waals surface area contributed by atoms with E-state index < -0.39 is 22.4 Å². The average molecular weight is 218 g/mol. The standard InChI is InChI=1S/C9H6ClF2NO/c10-7-8(12)6(11)4-5(9(7)14)2-1-3-13/h4,14H,1-2H2. The van der Waals surface area contributed by atoms with Gasteiger partial charge < -0.3 is 5.11 Å². The van der Waals surface area contributed by atoms with Crippen LogP contribution >= 0.6 is 11.6 Å². The van der Waals surface area contributed by atoms with Crippen molar-refractivity contribution in [2.75, 3.05) is 0 Å². The van der Waals surface area contributed by atoms with Gasteiger partial charge in [-0.3, -0.25) is 0 Å². The van der Waals surface area contributed by atoms with E-state index in [0.717, 1.165) is 6.07 Å². The summed E-state index contributed by atoms with van der Waals surface area (Å²) in [6, 6.07) is 2.67. The third-order valence-corrected chi connectivity index (χ3v) is 2.07. The monoisotopic (exact) mass is 217 g/mol. The van der Waals surface area contributed by atoms with Crippen molar-refractivity contribution in [3.63, 3.8) is 0 Å². The molecule has 0 saturated carbocycles. The zero-order valence-corrected chi connectivity index (χ0v) is 7.78. The third kappa shape index (κ3) is 1.94. The molecular weight excluding hydrogens is 212 g/mol. The molecule has 0 aliphatic heterocycles. The highest BCUT2D eigenvalue weighted by molar-refractivity contribution is 6.32. The summed E-state index contributed by atoms with van der Waals surface area (Å²) < 4.78 is 25.6. The predicted molar refractivity (Wildman–Crippen MR) is 47.0 cm³/mol. The lowest BCUT2D eigenvalue weighted by atomic mass is 10.1. The highest BCUT2D eigenvalue weighted by Crippen LogP contribution is 2.32. The molecule has 0 spiro atoms. The van der Waals surface area contributed by atoms with Crippen LogP contribution < -0.4 is 0 Å². The zero-order valence-electron chi connectivity index (χ0n) is 7.02. The number of nitriles is 1. The van der Waals surface area contributed by atoms with Gasteiger partial charge in [-0.05, 0) is 18.1 Å². The Kier molecular flexibility index (Phi) is 3.26. The first-order chi connectivity index (χ1) is 6.57. The lowest BCUT2D eigenvalue weighted by molar-refractivity contribution is 0.448. The molecule has 0 aliphatic carbocycles. The summed E-state index contributed by atoms with van der Waals surface area (Å²) in [5, 5.41) is 16.9. The van der Waals surface area contributed by atoms with Crippen LogP contribution in [0, 0.1) is 23.0 Å². The highest BCUT2D eigenvalue weighted by Gasteiger charge is 2.15. The number of hydrogen-bond donors (Lipinski definition) is 1. The van der Waals surface area contributed by atoms with E-state index in [1.165, 1.54) is 0 Å². The minimum Gasteiger partial charge on any atom is -0.506 e. The molecule has 1 aromatic rings. The molecule has 0 aromatic heterocycles. The Morgan fingerprint density at radius 2 is 2.14 bits per heavy atom. The van der Waals surface area contributed by atoms with Crippen molar-refractivity contribution in [2.24, 2.45) is 0 Å². The Bertz CT molecular complexity index is 401. The predicted octanol–water partition coefficient (Wildman–Crippen LogP) is 2.78. The topological polar surface area (TPSA) is 44.0 Å². The van der Waals surface area contributed by atoms with Crippen molar-refractivity contribution in [3.05, 3.63) is 28.3 Å². The molecule has 0 aliphatic rings. The largest absolute Gasteiger partial charge is 0.506 e. The maximum atomic E-state index is 12.8. The van der Waals surface area contributed by atoms with Crippen LogP contribution in [-0.4, -0.2) is 5.11 Å². The van der Waals surface area contributed by atoms with Gasteiger partial charge in [-0.25, -0.2) is 8.78 Å². The second-order valence-corrected chi connectivity index (χ2v) is 3.03. The maximum absolute atomic E-state index is 12.8. The number of aromatic hydroxyl groups is 1. The van der Waals surface area contributed by atoms with Gasteiger partial charge in [0, 0.05) is 6.42 Å². The van der Waals surface area contributed by atoms with Gasteiger partial charge in [0.2, 0.25) is 0 Å². The minimum absolute atomic E-state index is 0.106. The number of halogens is 3. The average Bonchev–Trinajstić information content (AvgIpc) is 2.18. The summed E-state index contributed by atoms with van der Waals surface area (Å²) >= 11 is 5.32. The van der Waals surface area contributed by atoms with Crippen LogP contribution in [0.15, 0.2) is 6.07 Å². The molecule has 2 nitrogen and oxygen atoms in total. The Morgan fingerprint density at radius 3 is 2.71 bits per heavy atom. The van der Waals surface area contributed by atoms with E-state index in [1.807, 2.05) is 6.07 Å². The number of nitrogens with zero attached hydrogens (tertiary/aromatic N) is 1. The molecule has 0 unspecified atom stereocenters. The van der Waals surface area contributed by atoms with Crippen molar-refractivity contribution in [1.82, 2.24) is 0 Å². The van der Waals surface area contributed by atoms with E-state index in [1.54, 1.807) is 0 Å². The second kappa shape index (κ2) is 4.25. The Morgan fingerprint density at radius 1 is 1.50 bits per heavy atom. The molecule has 0 amide bonds. The van der Waals surface area contributed by atoms with Crippen LogP contribution in [0.1, 0.15) is 12.0 Å². The van der Waals surface area contributed by atoms with Crippen molar-refractivity contribution < 1.29 is 13.9 Å². The zero-order chi connectivity index (χ0) is 10.7. The first kappa shape index (κ1) is 10.7. The third-order valence-electron chi connectivity index (χ3n) is 1.72. The summed E-state index contributed by atoms with van der Waals surface area (Å²) in [5.41, 5.74) is 0.135. The fourth-order valence-electron chi connectivity index (χ4n) is 1.02. The summed E-state index contributed by atoms with van der Waals surface area (Å²) in [5.74, 6) is -2.90. The van der Waals surface area contributed by atoms with Crippen molar-refractivity contribution in [1.29, 1.82) is 5.26 Å². The van der Waals surface area contributed by atoms with Crippen molar-refractivity contribution in [2.45, 2.75) is 12.8 Å². The van der Waals surface area contributed by atoms with E-state index in [9.17, 15) is 13.9 Å². The fraction of sp³-hybridized carbons (Fsp3) is 0.222. The van der Waals surface area contributed by atoms with E-state index in [4.69, 9.17) is 16.9 Å². The summed E-state index contributed by atoms with van der Waals surface area (Å²) in [7, 11) is 0. The molecule has 1 rings (SSSR count). The van der Waals surface area contributed by atoms with Crippen molar-refractivity contribution >= 4 is 11.6 Å². The minimum atomic E-state index is -1.27. The second-order valence-electron chi connectivity index (χ2n) is 2.65. The van der Waals surface area contributed by atoms with Gasteiger partial charge in [-0.15, -0.1) is 0 Å². The lowest BCUT2D eigenvalue weighted by Crippen LogP contribution is -1.93. The Hall–Kier alpha value is -1.34. The molecule has 14 heavy (non-hydrogen) atoms. The van der Waals surface area contributed by atoms with Crippen LogP contribution in [0.25, 0.3) is 0 Å². The van der Waals surface area contributed by atoms with E-state index in [2.05, 4.69) is 0 Å². The smallest absolute Gasteiger partial charge is 0.181 e. The molecule has 0 bridgehead atoms. The van der Waals surface area contributed by atoms with Crippen LogP contribution in [0.4, 0.5) is 8.78 Å². The number of benzene rings is 1. The Balaban J connectivity index is 3.14. The quantitative estimate of drug-likeness (QED) is 0.775. The van der Waals surface area contributed by atoms with Crippen LogP contribution in [0.5, 0.6) is 5.75 Å². The first-order valence-electron chi connectivity index (χ1n) is 3.80. The number of rotatable bonds is 2. The van der Waals surface area contributed by atoms with Gasteiger partial charge in [-0.1, -0.05) is 11.6 Å². The number of phenols is 1. The molecule has 0 saturated heterocycles. The lowest BCUT2D eigenvalue weighted by Gasteiger charge is -2.05. The fourth-order valence-corrected chi connectivity index (χ4v) is 1.23. The summed E-state index contributed by atoms with van der Waals surface area (Å²) in [4.78, 5) is 0. The number of aryl methyl sites for hydroxylation is 1. The molecular formula is C9H6ClF2NO. The van der Waals surface area contributed by atoms with Gasteiger partial charge in [0.05, 0.1) is 6.07 Å². The van der Waals surface area contributed by atoms with Crippen LogP contribution in [0.2, 0.25) is 5.02 Å². The molecule has 1 N–H and O–H groups in total. The van der Waals surface area contributed by atoms with E-state index >= 15 is 0 Å². The van der Waals surface area contributed by atoms with E-state index in [0.29, 0.717) is 0 Å². The molecule has 0 radical (unpaired) electrons. The van der Waals surface area contributed by atoms with Gasteiger partial charge in [0.1, 0.15) is 10.8 Å². The SMILES string of the molecule is N#CCCc1cc(F)c(F)c(Cl)c1O. The summed E-state index contributed by atoms with van der Waals surface area (Å²) in [6.45, 7) is 0. The highest BCUT2D eigenvalue weighted by atomic mass is 35.5. The summed E-state index contributed by atoms with van der Waals surface area (Å²) in [6.07, 6.45) is 0.244. The molecule has 0 atom stereocenters. The van der Waals surface area contributed by atoms with Crippen LogP contribution in [0.3, 0.4) is 0 Å². The van der Waals surface area contributed by atoms with Gasteiger partial charge in [0.25, 0.3) is 0 Å². The molecule has 1 aromatic carbocycles. The van der Waals surface area contributed by atoms with Crippen molar-refractivity contribution in [3.8, 4) is 11.8 Å². The number of hydrogen-bond acceptors (Lipinski definition) is 2. The molecule has 5 heteroatoms. The normalized spacial score (nSPS) is 9.86. The first-order valence-corrected chi connectivity index (χ1v) is 4.18. The molecule has 0 heterocycles. The Labute approximate surface area is 84.3 Å².